The maximum absolute atomic E-state index is 10.7. The fourth-order valence-electron chi connectivity index (χ4n) is 0.857. The molecule has 0 saturated carbocycles. The van der Waals surface area contributed by atoms with Crippen LogP contribution in [-0.2, 0) is 14.3 Å². The van der Waals surface area contributed by atoms with Gasteiger partial charge >= 0.3 is 0 Å². The third kappa shape index (κ3) is 1.50. The number of nitrogens with two attached hydrogens (primary N) is 1. The van der Waals surface area contributed by atoms with E-state index in [1.165, 1.54) is 6.92 Å². The molecule has 11 heavy (non-hydrogen) atoms. The molecule has 0 aromatic carbocycles. The van der Waals surface area contributed by atoms with Gasteiger partial charge in [-0.2, -0.15) is 0 Å². The molecule has 0 unspecified atom stereocenters. The first kappa shape index (κ1) is 8.45. The number of hydrogen-bond donors (Lipinski definition) is 2. The van der Waals surface area contributed by atoms with Gasteiger partial charge in [-0.3, -0.25) is 4.79 Å². The van der Waals surface area contributed by atoms with E-state index in [-0.39, 0.29) is 13.2 Å². The van der Waals surface area contributed by atoms with Crippen molar-refractivity contribution in [3.63, 3.8) is 0 Å². The number of rotatable bonds is 2. The van der Waals surface area contributed by atoms with Crippen molar-refractivity contribution in [1.29, 1.82) is 0 Å². The van der Waals surface area contributed by atoms with Crippen molar-refractivity contribution >= 4 is 5.91 Å². The lowest BCUT2D eigenvalue weighted by Crippen LogP contribution is -2.42. The van der Waals surface area contributed by atoms with E-state index in [1.807, 2.05) is 0 Å². The Morgan fingerprint density at radius 2 is 2.55 bits per heavy atom. The van der Waals surface area contributed by atoms with Gasteiger partial charge in [-0.15, -0.1) is 0 Å². The van der Waals surface area contributed by atoms with Crippen molar-refractivity contribution in [3.05, 3.63) is 0 Å². The van der Waals surface area contributed by atoms with E-state index in [0.29, 0.717) is 0 Å². The minimum Gasteiger partial charge on any atom is -0.394 e. The zero-order valence-electron chi connectivity index (χ0n) is 6.24. The van der Waals surface area contributed by atoms with E-state index in [2.05, 4.69) is 0 Å². The molecule has 0 bridgehead atoms. The summed E-state index contributed by atoms with van der Waals surface area (Å²) in [7, 11) is 0. The van der Waals surface area contributed by atoms with Gasteiger partial charge in [0.05, 0.1) is 13.2 Å². The van der Waals surface area contributed by atoms with Crippen molar-refractivity contribution in [2.24, 2.45) is 5.73 Å². The molecule has 0 aliphatic carbocycles. The quantitative estimate of drug-likeness (QED) is 0.521. The lowest BCUT2D eigenvalue weighted by atomic mass is 10.3. The van der Waals surface area contributed by atoms with Crippen molar-refractivity contribution in [2.45, 2.75) is 18.8 Å². The van der Waals surface area contributed by atoms with Crippen molar-refractivity contribution in [1.82, 2.24) is 0 Å². The van der Waals surface area contributed by atoms with E-state index in [1.54, 1.807) is 0 Å². The van der Waals surface area contributed by atoms with Crippen molar-refractivity contribution in [3.8, 4) is 0 Å². The summed E-state index contributed by atoms with van der Waals surface area (Å²) in [5, 5.41) is 8.62. The van der Waals surface area contributed by atoms with Gasteiger partial charge in [0.25, 0.3) is 5.91 Å². The highest BCUT2D eigenvalue weighted by molar-refractivity contribution is 5.81. The largest absolute Gasteiger partial charge is 0.394 e. The van der Waals surface area contributed by atoms with Crippen LogP contribution < -0.4 is 5.73 Å². The number of primary amides is 1. The van der Waals surface area contributed by atoms with Crippen LogP contribution in [0, 0.1) is 0 Å². The van der Waals surface area contributed by atoms with Crippen LogP contribution in [0.25, 0.3) is 0 Å². The molecule has 3 N–H and O–H groups in total. The van der Waals surface area contributed by atoms with Gasteiger partial charge in [0.1, 0.15) is 6.10 Å². The number of amides is 1. The molecule has 0 aromatic rings. The SMILES string of the molecule is C[C@@]1(C(N)=O)OC[C@H](CO)O1. The summed E-state index contributed by atoms with van der Waals surface area (Å²) in [5.41, 5.74) is 4.98. The molecular formula is C6H11NO4. The summed E-state index contributed by atoms with van der Waals surface area (Å²) in [6, 6.07) is 0. The monoisotopic (exact) mass is 161 g/mol. The topological polar surface area (TPSA) is 81.8 Å². The van der Waals surface area contributed by atoms with Gasteiger partial charge in [-0.25, -0.2) is 0 Å². The average molecular weight is 161 g/mol. The average Bonchev–Trinajstić information content (AvgIpc) is 2.33. The highest BCUT2D eigenvalue weighted by Gasteiger charge is 2.42. The molecule has 1 aliphatic heterocycles. The third-order valence-electron chi connectivity index (χ3n) is 1.59. The molecule has 5 heteroatoms. The fourth-order valence-corrected chi connectivity index (χ4v) is 0.857. The van der Waals surface area contributed by atoms with Crippen molar-refractivity contribution < 1.29 is 19.4 Å². The second-order valence-corrected chi connectivity index (χ2v) is 2.54. The second-order valence-electron chi connectivity index (χ2n) is 2.54. The second kappa shape index (κ2) is 2.77. The van der Waals surface area contributed by atoms with Gasteiger partial charge in [0, 0.05) is 0 Å². The highest BCUT2D eigenvalue weighted by atomic mass is 16.8. The maximum atomic E-state index is 10.7. The number of hydrogen-bond acceptors (Lipinski definition) is 4. The first-order valence-electron chi connectivity index (χ1n) is 3.31. The molecule has 0 spiro atoms. The van der Waals surface area contributed by atoms with Gasteiger partial charge in [-0.05, 0) is 6.92 Å². The molecule has 1 heterocycles. The Balaban J connectivity index is 2.57. The number of aliphatic hydroxyl groups is 1. The van der Waals surface area contributed by atoms with Gasteiger partial charge in [-0.1, -0.05) is 0 Å². The predicted molar refractivity (Wildman–Crippen MR) is 35.5 cm³/mol. The summed E-state index contributed by atoms with van der Waals surface area (Å²) in [4.78, 5) is 10.7. The minimum absolute atomic E-state index is 0.164. The predicted octanol–water partition coefficient (Wildman–Crippen LogP) is -1.40. The number of carbonyl (C=O) groups excluding carboxylic acids is 1. The number of aliphatic hydroxyl groups excluding tert-OH is 1. The van der Waals surface area contributed by atoms with E-state index in [0.717, 1.165) is 0 Å². The molecule has 1 rings (SSSR count). The Morgan fingerprint density at radius 3 is 2.82 bits per heavy atom. The van der Waals surface area contributed by atoms with Crippen LogP contribution in [0.2, 0.25) is 0 Å². The third-order valence-corrected chi connectivity index (χ3v) is 1.59. The van der Waals surface area contributed by atoms with Crippen LogP contribution in [0.15, 0.2) is 0 Å². The summed E-state index contributed by atoms with van der Waals surface area (Å²) >= 11 is 0. The van der Waals surface area contributed by atoms with Crippen LogP contribution in [0.1, 0.15) is 6.92 Å². The standard InChI is InChI=1S/C6H11NO4/c1-6(5(7)9)10-3-4(2-8)11-6/h4,8H,2-3H2,1H3,(H2,7,9)/t4-,6+/m0/s1. The summed E-state index contributed by atoms with van der Waals surface area (Å²) in [6.45, 7) is 1.48. The zero-order valence-corrected chi connectivity index (χ0v) is 6.24. The van der Waals surface area contributed by atoms with E-state index < -0.39 is 17.8 Å². The molecule has 1 fully saturated rings. The van der Waals surface area contributed by atoms with E-state index in [9.17, 15) is 4.79 Å². The zero-order chi connectivity index (χ0) is 8.48. The normalized spacial score (nSPS) is 37.5. The first-order chi connectivity index (χ1) is 5.08. The molecule has 2 atom stereocenters. The van der Waals surface area contributed by atoms with Gasteiger partial charge in [0.15, 0.2) is 0 Å². The first-order valence-corrected chi connectivity index (χ1v) is 3.31. The van der Waals surface area contributed by atoms with E-state index in [4.69, 9.17) is 20.3 Å². The Bertz CT molecular complexity index is 172. The van der Waals surface area contributed by atoms with E-state index >= 15 is 0 Å². The molecule has 1 saturated heterocycles. The Hall–Kier alpha value is -0.650. The van der Waals surface area contributed by atoms with Gasteiger partial charge < -0.3 is 20.3 Å². The summed E-state index contributed by atoms with van der Waals surface area (Å²) < 4.78 is 9.96. The van der Waals surface area contributed by atoms with Crippen LogP contribution in [0.5, 0.6) is 0 Å². The summed E-state index contributed by atoms with van der Waals surface area (Å²) in [6.07, 6.45) is -0.438. The molecule has 1 amide bonds. The summed E-state index contributed by atoms with van der Waals surface area (Å²) in [5.74, 6) is -2.03. The van der Waals surface area contributed by atoms with Crippen molar-refractivity contribution in [2.75, 3.05) is 13.2 Å². The minimum atomic E-state index is -1.35. The lowest BCUT2D eigenvalue weighted by molar-refractivity contribution is -0.178. The lowest BCUT2D eigenvalue weighted by Gasteiger charge is -2.17. The Kier molecular flexibility index (Phi) is 2.12. The van der Waals surface area contributed by atoms with Gasteiger partial charge in [0.2, 0.25) is 5.79 Å². The van der Waals surface area contributed by atoms with Crippen LogP contribution >= 0.6 is 0 Å². The molecule has 64 valence electrons. The van der Waals surface area contributed by atoms with Crippen LogP contribution in [-0.4, -0.2) is 36.1 Å². The smallest absolute Gasteiger partial charge is 0.277 e. The Labute approximate surface area is 64.1 Å². The maximum Gasteiger partial charge on any atom is 0.277 e. The fraction of sp³-hybridized carbons (Fsp3) is 0.833. The molecular weight excluding hydrogens is 150 g/mol. The number of carbonyl (C=O) groups is 1. The Morgan fingerprint density at radius 1 is 1.91 bits per heavy atom. The number of ether oxygens (including phenoxy) is 2. The van der Waals surface area contributed by atoms with Crippen LogP contribution in [0.4, 0.5) is 0 Å². The highest BCUT2D eigenvalue weighted by Crippen LogP contribution is 2.22. The molecule has 5 nitrogen and oxygen atoms in total. The molecule has 0 aromatic heterocycles. The van der Waals surface area contributed by atoms with Crippen LogP contribution in [0.3, 0.4) is 0 Å². The molecule has 0 radical (unpaired) electrons. The molecule has 1 aliphatic rings.